The number of likely N-dealkylation sites (tertiary alicyclic amines) is 1. The summed E-state index contributed by atoms with van der Waals surface area (Å²) in [6.45, 7) is 1.98. The van der Waals surface area contributed by atoms with E-state index < -0.39 is 17.7 Å². The number of carbonyl (C=O) groups excluding carboxylic acids is 1. The fraction of sp³-hybridized carbons (Fsp3) is 0.409. The number of para-hydroxylation sites is 2. The Morgan fingerprint density at radius 2 is 2.03 bits per heavy atom. The van der Waals surface area contributed by atoms with E-state index in [2.05, 4.69) is 10.1 Å². The summed E-state index contributed by atoms with van der Waals surface area (Å²) in [6, 6.07) is 7.97. The van der Waals surface area contributed by atoms with Gasteiger partial charge in [-0.05, 0) is 38.0 Å². The second kappa shape index (κ2) is 8.68. The number of halogens is 3. The average Bonchev–Trinajstić information content (AvgIpc) is 3.20. The summed E-state index contributed by atoms with van der Waals surface area (Å²) < 4.78 is 56.9. The Labute approximate surface area is 182 Å². The van der Waals surface area contributed by atoms with Crippen molar-refractivity contribution in [3.8, 4) is 11.5 Å². The highest BCUT2D eigenvalue weighted by atomic mass is 19.4. The number of rotatable bonds is 5. The number of methoxy groups -OCH3 is 1. The molecule has 1 aliphatic heterocycles. The molecule has 0 bridgehead atoms. The van der Waals surface area contributed by atoms with Crippen LogP contribution in [0.15, 0.2) is 34.9 Å². The molecule has 0 radical (unpaired) electrons. The van der Waals surface area contributed by atoms with Crippen molar-refractivity contribution in [3.05, 3.63) is 47.3 Å². The quantitative estimate of drug-likeness (QED) is 0.577. The normalized spacial score (nSPS) is 16.9. The van der Waals surface area contributed by atoms with Gasteiger partial charge in [0.15, 0.2) is 18.1 Å². The molecule has 32 heavy (non-hydrogen) atoms. The molecule has 0 N–H and O–H groups in total. The first-order valence-electron chi connectivity index (χ1n) is 10.2. The maximum atomic E-state index is 13.7. The summed E-state index contributed by atoms with van der Waals surface area (Å²) >= 11 is 0. The summed E-state index contributed by atoms with van der Waals surface area (Å²) in [5.41, 5.74) is -0.584. The van der Waals surface area contributed by atoms with Crippen molar-refractivity contribution in [1.82, 2.24) is 15.0 Å². The van der Waals surface area contributed by atoms with Crippen LogP contribution in [0.5, 0.6) is 11.5 Å². The Morgan fingerprint density at radius 3 is 2.75 bits per heavy atom. The van der Waals surface area contributed by atoms with Gasteiger partial charge in [-0.2, -0.15) is 13.2 Å². The van der Waals surface area contributed by atoms with Gasteiger partial charge >= 0.3 is 6.18 Å². The second-order valence-corrected chi connectivity index (χ2v) is 7.68. The van der Waals surface area contributed by atoms with E-state index in [0.717, 1.165) is 6.07 Å². The smallest absolute Gasteiger partial charge is 0.417 e. The molecule has 2 aromatic heterocycles. The number of nitrogens with zero attached hydrogens (tertiary/aromatic N) is 3. The van der Waals surface area contributed by atoms with E-state index in [1.807, 2.05) is 0 Å². The monoisotopic (exact) mass is 449 g/mol. The molecule has 3 heterocycles. The highest BCUT2D eigenvalue weighted by Crippen LogP contribution is 2.40. The maximum absolute atomic E-state index is 13.7. The highest BCUT2D eigenvalue weighted by molar-refractivity contribution is 5.82. The van der Waals surface area contributed by atoms with Crippen LogP contribution < -0.4 is 9.47 Å². The number of benzene rings is 1. The van der Waals surface area contributed by atoms with Crippen molar-refractivity contribution in [1.29, 1.82) is 0 Å². The minimum absolute atomic E-state index is 0.132. The minimum Gasteiger partial charge on any atom is -0.493 e. The van der Waals surface area contributed by atoms with Crippen molar-refractivity contribution in [2.24, 2.45) is 0 Å². The van der Waals surface area contributed by atoms with Gasteiger partial charge in [0.25, 0.3) is 11.6 Å². The van der Waals surface area contributed by atoms with Crippen LogP contribution in [0.2, 0.25) is 0 Å². The van der Waals surface area contributed by atoms with Gasteiger partial charge in [-0.3, -0.25) is 4.79 Å². The molecule has 0 spiro atoms. The molecule has 1 fully saturated rings. The molecule has 0 aliphatic carbocycles. The fourth-order valence-corrected chi connectivity index (χ4v) is 3.99. The lowest BCUT2D eigenvalue weighted by Gasteiger charge is -2.32. The van der Waals surface area contributed by atoms with Gasteiger partial charge in [-0.25, -0.2) is 4.98 Å². The first kappa shape index (κ1) is 21.9. The number of fused-ring (bicyclic) bond motifs is 1. The predicted molar refractivity (Wildman–Crippen MR) is 109 cm³/mol. The zero-order chi connectivity index (χ0) is 22.9. The van der Waals surface area contributed by atoms with Crippen molar-refractivity contribution in [2.75, 3.05) is 26.8 Å². The standard InChI is InChI=1S/C22H22F3N3O4/c1-13-10-15(22(23,24)25)19-20(27-32-21(19)26-13)14-6-5-9-28(11-14)18(29)12-31-17-8-4-3-7-16(17)30-2/h3-4,7-8,10,14H,5-6,9,11-12H2,1-2H3/t14-/m0/s1. The average molecular weight is 449 g/mol. The van der Waals surface area contributed by atoms with E-state index in [1.165, 1.54) is 14.0 Å². The number of alkyl halides is 3. The van der Waals surface area contributed by atoms with Gasteiger partial charge in [0.2, 0.25) is 0 Å². The SMILES string of the molecule is COc1ccccc1OCC(=O)N1CCC[C@H](c2noc3nc(C)cc(C(F)(F)F)c23)C1. The van der Waals surface area contributed by atoms with Gasteiger partial charge in [0, 0.05) is 24.7 Å². The van der Waals surface area contributed by atoms with Gasteiger partial charge in [0.1, 0.15) is 0 Å². The predicted octanol–water partition coefficient (Wildman–Crippen LogP) is 4.34. The Balaban J connectivity index is 1.53. The van der Waals surface area contributed by atoms with Crippen LogP contribution in [-0.2, 0) is 11.0 Å². The van der Waals surface area contributed by atoms with Crippen molar-refractivity contribution >= 4 is 17.0 Å². The number of aromatic nitrogens is 2. The number of hydrogen-bond donors (Lipinski definition) is 0. The first-order chi connectivity index (χ1) is 15.3. The Hall–Kier alpha value is -3.30. The number of hydrogen-bond acceptors (Lipinski definition) is 6. The number of amides is 1. The summed E-state index contributed by atoms with van der Waals surface area (Å²) in [4.78, 5) is 18.4. The molecule has 4 rings (SSSR count). The summed E-state index contributed by atoms with van der Waals surface area (Å²) in [7, 11) is 1.51. The van der Waals surface area contributed by atoms with E-state index in [9.17, 15) is 18.0 Å². The molecule has 1 saturated heterocycles. The largest absolute Gasteiger partial charge is 0.493 e. The van der Waals surface area contributed by atoms with E-state index in [4.69, 9.17) is 14.0 Å². The molecule has 0 saturated carbocycles. The number of aryl methyl sites for hydroxylation is 1. The third-order valence-electron chi connectivity index (χ3n) is 5.49. The topological polar surface area (TPSA) is 77.7 Å². The summed E-state index contributed by atoms with van der Waals surface area (Å²) in [5.74, 6) is 0.285. The van der Waals surface area contributed by atoms with Crippen molar-refractivity contribution < 1.29 is 32.0 Å². The zero-order valence-electron chi connectivity index (χ0n) is 17.6. The second-order valence-electron chi connectivity index (χ2n) is 7.68. The lowest BCUT2D eigenvalue weighted by Crippen LogP contribution is -2.41. The van der Waals surface area contributed by atoms with Crippen LogP contribution in [0.3, 0.4) is 0 Å². The third-order valence-corrected chi connectivity index (χ3v) is 5.49. The van der Waals surface area contributed by atoms with Crippen LogP contribution in [0.1, 0.15) is 35.7 Å². The molecule has 7 nitrogen and oxygen atoms in total. The molecule has 1 aliphatic rings. The highest BCUT2D eigenvalue weighted by Gasteiger charge is 2.38. The van der Waals surface area contributed by atoms with Gasteiger partial charge in [-0.15, -0.1) is 0 Å². The van der Waals surface area contributed by atoms with E-state index in [0.29, 0.717) is 30.9 Å². The van der Waals surface area contributed by atoms with E-state index >= 15 is 0 Å². The minimum atomic E-state index is -4.57. The number of ether oxygens (including phenoxy) is 2. The van der Waals surface area contributed by atoms with Crippen LogP contribution in [-0.4, -0.2) is 47.8 Å². The molecule has 10 heteroatoms. The number of pyridine rings is 1. The number of carbonyl (C=O) groups is 1. The van der Waals surface area contributed by atoms with Crippen LogP contribution in [0.4, 0.5) is 13.2 Å². The lowest BCUT2D eigenvalue weighted by molar-refractivity contribution is -0.136. The van der Waals surface area contributed by atoms with Crippen molar-refractivity contribution in [2.45, 2.75) is 31.9 Å². The van der Waals surface area contributed by atoms with Crippen LogP contribution in [0.25, 0.3) is 11.1 Å². The zero-order valence-corrected chi connectivity index (χ0v) is 17.6. The number of piperidine rings is 1. The van der Waals surface area contributed by atoms with Gasteiger partial charge < -0.3 is 18.9 Å². The molecule has 3 aromatic rings. The van der Waals surface area contributed by atoms with Crippen molar-refractivity contribution in [3.63, 3.8) is 0 Å². The van der Waals surface area contributed by atoms with Crippen LogP contribution >= 0.6 is 0 Å². The summed E-state index contributed by atoms with van der Waals surface area (Å²) in [6.07, 6.45) is -3.36. The van der Waals surface area contributed by atoms with E-state index in [-0.39, 0.29) is 41.5 Å². The summed E-state index contributed by atoms with van der Waals surface area (Å²) in [5, 5.41) is 3.79. The molecule has 1 amide bonds. The van der Waals surface area contributed by atoms with Gasteiger partial charge in [-0.1, -0.05) is 17.3 Å². The lowest BCUT2D eigenvalue weighted by atomic mass is 9.91. The molecule has 170 valence electrons. The molecular formula is C22H22F3N3O4. The molecule has 1 atom stereocenters. The van der Waals surface area contributed by atoms with Crippen LogP contribution in [0, 0.1) is 6.92 Å². The molecular weight excluding hydrogens is 427 g/mol. The van der Waals surface area contributed by atoms with E-state index in [1.54, 1.807) is 29.2 Å². The fourth-order valence-electron chi connectivity index (χ4n) is 3.99. The molecule has 0 unspecified atom stereocenters. The first-order valence-corrected chi connectivity index (χ1v) is 10.2. The Kier molecular flexibility index (Phi) is 5.94. The molecule has 1 aromatic carbocycles. The Morgan fingerprint density at radius 1 is 1.28 bits per heavy atom. The maximum Gasteiger partial charge on any atom is 0.417 e. The van der Waals surface area contributed by atoms with Gasteiger partial charge in [0.05, 0.1) is 23.8 Å². The Bertz CT molecular complexity index is 1130. The third kappa shape index (κ3) is 4.35.